The Hall–Kier alpha value is -2.06. The van der Waals surface area contributed by atoms with Crippen LogP contribution in [0.2, 0.25) is 0 Å². The van der Waals surface area contributed by atoms with Gasteiger partial charge in [-0.25, -0.2) is 4.79 Å². The molecule has 3 N–H and O–H groups in total. The van der Waals surface area contributed by atoms with Gasteiger partial charge < -0.3 is 16.0 Å². The molecular formula is C13H16N4O. The Morgan fingerprint density at radius 1 is 1.50 bits per heavy atom. The second-order valence-electron chi connectivity index (χ2n) is 4.34. The number of nitrogens with two attached hydrogens (primary N) is 1. The first-order valence-electron chi connectivity index (χ1n) is 6.02. The molecule has 1 atom stereocenters. The molecule has 1 fully saturated rings. The van der Waals surface area contributed by atoms with E-state index in [1.165, 1.54) is 0 Å². The number of hydrogen-bond donors (Lipinski definition) is 2. The Labute approximate surface area is 106 Å². The quantitative estimate of drug-likeness (QED) is 0.827. The lowest BCUT2D eigenvalue weighted by Crippen LogP contribution is -2.42. The van der Waals surface area contributed by atoms with E-state index < -0.39 is 0 Å². The molecule has 1 saturated heterocycles. The number of rotatable bonds is 2. The Morgan fingerprint density at radius 3 is 2.83 bits per heavy atom. The van der Waals surface area contributed by atoms with Crippen molar-refractivity contribution in [2.24, 2.45) is 5.73 Å². The van der Waals surface area contributed by atoms with Crippen molar-refractivity contribution < 1.29 is 4.79 Å². The molecule has 1 heterocycles. The van der Waals surface area contributed by atoms with Gasteiger partial charge in [-0.05, 0) is 37.1 Å². The summed E-state index contributed by atoms with van der Waals surface area (Å²) in [5.74, 6) is 0. The maximum absolute atomic E-state index is 12.0. The number of urea groups is 1. The topological polar surface area (TPSA) is 82.2 Å². The normalized spacial score (nSPS) is 18.4. The summed E-state index contributed by atoms with van der Waals surface area (Å²) < 4.78 is 0. The van der Waals surface area contributed by atoms with Crippen molar-refractivity contribution in [3.63, 3.8) is 0 Å². The summed E-state index contributed by atoms with van der Waals surface area (Å²) in [5, 5.41) is 11.5. The maximum atomic E-state index is 12.0. The molecule has 94 valence electrons. The Kier molecular flexibility index (Phi) is 3.80. The molecule has 0 radical (unpaired) electrons. The second-order valence-corrected chi connectivity index (χ2v) is 4.34. The van der Waals surface area contributed by atoms with Crippen LogP contribution in [-0.4, -0.2) is 30.1 Å². The molecule has 2 rings (SSSR count). The second kappa shape index (κ2) is 5.52. The van der Waals surface area contributed by atoms with Crippen molar-refractivity contribution >= 4 is 11.7 Å². The lowest BCUT2D eigenvalue weighted by atomic mass is 10.2. The smallest absolute Gasteiger partial charge is 0.322 e. The maximum Gasteiger partial charge on any atom is 0.322 e. The van der Waals surface area contributed by atoms with Crippen molar-refractivity contribution in [3.05, 3.63) is 29.8 Å². The number of likely N-dealkylation sites (tertiary alicyclic amines) is 1. The monoisotopic (exact) mass is 244 g/mol. The van der Waals surface area contributed by atoms with Gasteiger partial charge in [0.05, 0.1) is 11.6 Å². The van der Waals surface area contributed by atoms with Gasteiger partial charge in [-0.2, -0.15) is 5.26 Å². The first-order chi connectivity index (χ1) is 8.74. The molecule has 5 nitrogen and oxygen atoms in total. The summed E-state index contributed by atoms with van der Waals surface area (Å²) in [5.41, 5.74) is 6.91. The molecule has 0 aromatic heterocycles. The zero-order valence-electron chi connectivity index (χ0n) is 10.1. The summed E-state index contributed by atoms with van der Waals surface area (Å²) in [6, 6.07) is 8.88. The van der Waals surface area contributed by atoms with E-state index in [-0.39, 0.29) is 12.1 Å². The average molecular weight is 244 g/mol. The van der Waals surface area contributed by atoms with Gasteiger partial charge in [0.25, 0.3) is 0 Å². The van der Waals surface area contributed by atoms with Gasteiger partial charge in [-0.3, -0.25) is 0 Å². The van der Waals surface area contributed by atoms with Crippen LogP contribution in [0.4, 0.5) is 10.5 Å². The highest BCUT2D eigenvalue weighted by Crippen LogP contribution is 2.18. The van der Waals surface area contributed by atoms with Crippen LogP contribution in [0.1, 0.15) is 18.4 Å². The zero-order valence-corrected chi connectivity index (χ0v) is 10.1. The zero-order chi connectivity index (χ0) is 13.0. The summed E-state index contributed by atoms with van der Waals surface area (Å²) in [6.07, 6.45) is 1.97. The van der Waals surface area contributed by atoms with Gasteiger partial charge in [0.1, 0.15) is 0 Å². The summed E-state index contributed by atoms with van der Waals surface area (Å²) in [4.78, 5) is 13.8. The molecule has 1 aromatic rings. The predicted octanol–water partition coefficient (Wildman–Crippen LogP) is 1.51. The lowest BCUT2D eigenvalue weighted by molar-refractivity contribution is 0.208. The highest BCUT2D eigenvalue weighted by molar-refractivity contribution is 5.89. The van der Waals surface area contributed by atoms with Crippen molar-refractivity contribution in [2.45, 2.75) is 18.9 Å². The van der Waals surface area contributed by atoms with Crippen molar-refractivity contribution in [1.29, 1.82) is 5.26 Å². The molecule has 5 heteroatoms. The van der Waals surface area contributed by atoms with Crippen LogP contribution in [0.3, 0.4) is 0 Å². The molecule has 1 aliphatic heterocycles. The minimum atomic E-state index is -0.118. The molecule has 1 aromatic carbocycles. The van der Waals surface area contributed by atoms with E-state index in [9.17, 15) is 4.79 Å². The van der Waals surface area contributed by atoms with E-state index >= 15 is 0 Å². The van der Waals surface area contributed by atoms with Crippen LogP contribution in [0.15, 0.2) is 24.3 Å². The van der Waals surface area contributed by atoms with Crippen LogP contribution in [0.25, 0.3) is 0 Å². The van der Waals surface area contributed by atoms with Gasteiger partial charge in [-0.15, -0.1) is 0 Å². The van der Waals surface area contributed by atoms with Crippen LogP contribution in [-0.2, 0) is 0 Å². The number of amides is 2. The van der Waals surface area contributed by atoms with Gasteiger partial charge in [0, 0.05) is 24.8 Å². The predicted molar refractivity (Wildman–Crippen MR) is 69.0 cm³/mol. The van der Waals surface area contributed by atoms with Crippen molar-refractivity contribution in [2.75, 3.05) is 18.4 Å². The fourth-order valence-electron chi connectivity index (χ4n) is 2.17. The largest absolute Gasteiger partial charge is 0.328 e. The lowest BCUT2D eigenvalue weighted by Gasteiger charge is -2.23. The summed E-state index contributed by atoms with van der Waals surface area (Å²) >= 11 is 0. The first kappa shape index (κ1) is 12.4. The Bertz CT molecular complexity index is 463. The van der Waals surface area contributed by atoms with E-state index in [1.807, 2.05) is 6.07 Å². The SMILES string of the molecule is N#Cc1ccc(NC(=O)N2CCCC2CN)cc1. The molecule has 0 aliphatic carbocycles. The van der Waals surface area contributed by atoms with Gasteiger partial charge >= 0.3 is 6.03 Å². The standard InChI is InChI=1S/C13H16N4O/c14-8-10-3-5-11(6-4-10)16-13(18)17-7-1-2-12(17)9-15/h3-6,12H,1-2,7,9,15H2,(H,16,18). The number of hydrogen-bond acceptors (Lipinski definition) is 3. The highest BCUT2D eigenvalue weighted by atomic mass is 16.2. The molecular weight excluding hydrogens is 228 g/mol. The molecule has 1 aliphatic rings. The fraction of sp³-hybridized carbons (Fsp3) is 0.385. The summed E-state index contributed by atoms with van der Waals surface area (Å²) in [7, 11) is 0. The van der Waals surface area contributed by atoms with Crippen LogP contribution < -0.4 is 11.1 Å². The number of nitrogens with zero attached hydrogens (tertiary/aromatic N) is 2. The number of carbonyl (C=O) groups excluding carboxylic acids is 1. The van der Waals surface area contributed by atoms with Gasteiger partial charge in [0.2, 0.25) is 0 Å². The minimum absolute atomic E-state index is 0.118. The fourth-order valence-corrected chi connectivity index (χ4v) is 2.17. The molecule has 0 spiro atoms. The van der Waals surface area contributed by atoms with E-state index in [0.717, 1.165) is 19.4 Å². The molecule has 0 bridgehead atoms. The molecule has 18 heavy (non-hydrogen) atoms. The Balaban J connectivity index is 2.00. The number of anilines is 1. The van der Waals surface area contributed by atoms with E-state index in [0.29, 0.717) is 17.8 Å². The highest BCUT2D eigenvalue weighted by Gasteiger charge is 2.27. The van der Waals surface area contributed by atoms with E-state index in [4.69, 9.17) is 11.0 Å². The Morgan fingerprint density at radius 2 is 2.22 bits per heavy atom. The van der Waals surface area contributed by atoms with Crippen LogP contribution in [0.5, 0.6) is 0 Å². The van der Waals surface area contributed by atoms with E-state index in [1.54, 1.807) is 29.2 Å². The van der Waals surface area contributed by atoms with Gasteiger partial charge in [0.15, 0.2) is 0 Å². The first-order valence-corrected chi connectivity index (χ1v) is 6.02. The van der Waals surface area contributed by atoms with Crippen molar-refractivity contribution in [3.8, 4) is 6.07 Å². The third-order valence-corrected chi connectivity index (χ3v) is 3.18. The number of carbonyl (C=O) groups is 1. The third kappa shape index (κ3) is 2.60. The average Bonchev–Trinajstić information content (AvgIpc) is 2.88. The van der Waals surface area contributed by atoms with Crippen molar-refractivity contribution in [1.82, 2.24) is 4.90 Å². The van der Waals surface area contributed by atoms with Crippen LogP contribution >= 0.6 is 0 Å². The molecule has 0 saturated carbocycles. The summed E-state index contributed by atoms with van der Waals surface area (Å²) in [6.45, 7) is 1.25. The molecule has 1 unspecified atom stereocenters. The number of nitrogens with one attached hydrogen (secondary N) is 1. The number of benzene rings is 1. The van der Waals surface area contributed by atoms with Crippen LogP contribution in [0, 0.1) is 11.3 Å². The third-order valence-electron chi connectivity index (χ3n) is 3.18. The van der Waals surface area contributed by atoms with E-state index in [2.05, 4.69) is 5.32 Å². The molecule has 2 amide bonds. The van der Waals surface area contributed by atoms with Gasteiger partial charge in [-0.1, -0.05) is 0 Å². The minimum Gasteiger partial charge on any atom is -0.328 e. The number of nitriles is 1.